The zero-order valence-electron chi connectivity index (χ0n) is 15.0. The zero-order valence-corrected chi connectivity index (χ0v) is 15.0. The van der Waals surface area contributed by atoms with E-state index in [9.17, 15) is 4.79 Å². The summed E-state index contributed by atoms with van der Waals surface area (Å²) in [5.41, 5.74) is 1.30. The topological polar surface area (TPSA) is 67.4 Å². The third kappa shape index (κ3) is 3.55. The van der Waals surface area contributed by atoms with Crippen molar-refractivity contribution < 1.29 is 9.53 Å². The summed E-state index contributed by atoms with van der Waals surface area (Å²) in [5, 5.41) is 3.51. The van der Waals surface area contributed by atoms with Crippen molar-refractivity contribution in [3.05, 3.63) is 54.0 Å². The van der Waals surface area contributed by atoms with Crippen LogP contribution < -0.4 is 5.32 Å². The minimum atomic E-state index is -0.260. The molecule has 4 heterocycles. The van der Waals surface area contributed by atoms with E-state index in [2.05, 4.69) is 15.3 Å². The fourth-order valence-electron chi connectivity index (χ4n) is 3.93. The van der Waals surface area contributed by atoms with Crippen molar-refractivity contribution in [1.29, 1.82) is 0 Å². The Balaban J connectivity index is 1.42. The molecule has 4 rings (SSSR count). The molecular formula is C20H24N4O2. The minimum absolute atomic E-state index is 0.00557. The molecule has 0 bridgehead atoms. The van der Waals surface area contributed by atoms with Gasteiger partial charge in [0.05, 0.1) is 12.1 Å². The molecule has 6 nitrogen and oxygen atoms in total. The Kier molecular flexibility index (Phi) is 4.59. The Morgan fingerprint density at radius 2 is 2.23 bits per heavy atom. The Morgan fingerprint density at radius 1 is 1.31 bits per heavy atom. The second-order valence-electron chi connectivity index (χ2n) is 7.28. The Morgan fingerprint density at radius 3 is 3.04 bits per heavy atom. The van der Waals surface area contributed by atoms with Crippen molar-refractivity contribution in [3.8, 4) is 0 Å². The third-order valence-electron chi connectivity index (χ3n) is 5.25. The summed E-state index contributed by atoms with van der Waals surface area (Å²) in [7, 11) is 0. The van der Waals surface area contributed by atoms with Gasteiger partial charge in [0.1, 0.15) is 11.5 Å². The van der Waals surface area contributed by atoms with Gasteiger partial charge in [0, 0.05) is 31.6 Å². The van der Waals surface area contributed by atoms with Crippen LogP contribution in [0, 0.1) is 6.92 Å². The molecule has 2 aliphatic rings. The van der Waals surface area contributed by atoms with E-state index in [0.29, 0.717) is 31.4 Å². The van der Waals surface area contributed by atoms with E-state index in [-0.39, 0.29) is 11.5 Å². The molecule has 136 valence electrons. The number of ether oxygens (including phenoxy) is 1. The lowest BCUT2D eigenvalue weighted by Gasteiger charge is -2.38. The van der Waals surface area contributed by atoms with E-state index in [0.717, 1.165) is 30.6 Å². The van der Waals surface area contributed by atoms with E-state index in [1.54, 1.807) is 12.4 Å². The summed E-state index contributed by atoms with van der Waals surface area (Å²) in [5.74, 6) is 0.887. The quantitative estimate of drug-likeness (QED) is 0.920. The van der Waals surface area contributed by atoms with Crippen LogP contribution in [-0.4, -0.2) is 52.1 Å². The van der Waals surface area contributed by atoms with Gasteiger partial charge in [0.2, 0.25) is 0 Å². The van der Waals surface area contributed by atoms with Crippen molar-refractivity contribution in [1.82, 2.24) is 14.9 Å². The molecule has 1 spiro atoms. The maximum Gasteiger partial charge on any atom is 0.272 e. The number of aryl methyl sites for hydroxylation is 1. The lowest BCUT2D eigenvalue weighted by Crippen LogP contribution is -2.47. The SMILES string of the molecule is Cc1ccnc(C(=O)N2CC[C@]3(C[C@@H](Nc4ccccn4)CCO3)C2)c1. The molecule has 0 saturated carbocycles. The highest BCUT2D eigenvalue weighted by Gasteiger charge is 2.45. The van der Waals surface area contributed by atoms with Crippen LogP contribution in [-0.2, 0) is 4.74 Å². The molecule has 2 fully saturated rings. The Labute approximate surface area is 153 Å². The summed E-state index contributed by atoms with van der Waals surface area (Å²) in [6, 6.07) is 9.94. The standard InChI is InChI=1S/C20H24N4O2/c1-15-5-9-21-17(12-15)19(25)24-10-7-20(14-24)13-16(6-11-26-20)23-18-4-2-3-8-22-18/h2-5,8-9,12,16H,6-7,10-11,13-14H2,1H3,(H,22,23)/t16-,20-/m0/s1. The second-order valence-corrected chi connectivity index (χ2v) is 7.28. The summed E-state index contributed by atoms with van der Waals surface area (Å²) in [4.78, 5) is 23.2. The highest BCUT2D eigenvalue weighted by Crippen LogP contribution is 2.35. The van der Waals surface area contributed by atoms with E-state index in [1.807, 2.05) is 42.2 Å². The molecule has 6 heteroatoms. The number of hydrogen-bond acceptors (Lipinski definition) is 5. The molecule has 0 radical (unpaired) electrons. The number of nitrogens with zero attached hydrogens (tertiary/aromatic N) is 3. The normalized spacial score (nSPS) is 25.4. The average Bonchev–Trinajstić information content (AvgIpc) is 3.05. The predicted octanol–water partition coefficient (Wildman–Crippen LogP) is 2.66. The number of nitrogens with one attached hydrogen (secondary N) is 1. The van der Waals surface area contributed by atoms with Gasteiger partial charge in [-0.1, -0.05) is 6.07 Å². The van der Waals surface area contributed by atoms with Crippen LogP contribution in [0.4, 0.5) is 5.82 Å². The number of likely N-dealkylation sites (tertiary alicyclic amines) is 1. The highest BCUT2D eigenvalue weighted by atomic mass is 16.5. The second kappa shape index (κ2) is 7.03. The first-order valence-electron chi connectivity index (χ1n) is 9.17. The molecule has 2 saturated heterocycles. The van der Waals surface area contributed by atoms with E-state index >= 15 is 0 Å². The van der Waals surface area contributed by atoms with Gasteiger partial charge in [0.15, 0.2) is 0 Å². The number of pyridine rings is 2. The minimum Gasteiger partial charge on any atom is -0.373 e. The van der Waals surface area contributed by atoms with Gasteiger partial charge in [-0.25, -0.2) is 4.98 Å². The molecule has 2 aromatic heterocycles. The molecule has 0 aromatic carbocycles. The van der Waals surface area contributed by atoms with Crippen molar-refractivity contribution in [2.75, 3.05) is 25.0 Å². The highest BCUT2D eigenvalue weighted by molar-refractivity contribution is 5.92. The molecular weight excluding hydrogens is 328 g/mol. The number of amides is 1. The van der Waals surface area contributed by atoms with Gasteiger partial charge >= 0.3 is 0 Å². The van der Waals surface area contributed by atoms with Crippen LogP contribution in [0.15, 0.2) is 42.7 Å². The predicted molar refractivity (Wildman–Crippen MR) is 99.1 cm³/mol. The lowest BCUT2D eigenvalue weighted by molar-refractivity contribution is -0.0721. The first-order chi connectivity index (χ1) is 12.6. The monoisotopic (exact) mass is 352 g/mol. The lowest BCUT2D eigenvalue weighted by atomic mass is 9.89. The van der Waals surface area contributed by atoms with E-state index in [1.165, 1.54) is 0 Å². The molecule has 2 aliphatic heterocycles. The van der Waals surface area contributed by atoms with Crippen molar-refractivity contribution >= 4 is 11.7 Å². The average molecular weight is 352 g/mol. The van der Waals surface area contributed by atoms with Gasteiger partial charge in [-0.05, 0) is 56.0 Å². The summed E-state index contributed by atoms with van der Waals surface area (Å²) in [6.45, 7) is 4.02. The fourth-order valence-corrected chi connectivity index (χ4v) is 3.93. The zero-order chi connectivity index (χ0) is 18.0. The maximum absolute atomic E-state index is 12.8. The van der Waals surface area contributed by atoms with Crippen LogP contribution in [0.25, 0.3) is 0 Å². The Bertz CT molecular complexity index is 782. The van der Waals surface area contributed by atoms with E-state index < -0.39 is 0 Å². The smallest absolute Gasteiger partial charge is 0.272 e. The van der Waals surface area contributed by atoms with Gasteiger partial charge in [-0.15, -0.1) is 0 Å². The Hall–Kier alpha value is -2.47. The molecule has 0 aliphatic carbocycles. The van der Waals surface area contributed by atoms with Crippen LogP contribution in [0.2, 0.25) is 0 Å². The van der Waals surface area contributed by atoms with Crippen molar-refractivity contribution in [3.63, 3.8) is 0 Å². The largest absolute Gasteiger partial charge is 0.373 e. The van der Waals surface area contributed by atoms with Crippen LogP contribution in [0.1, 0.15) is 35.3 Å². The number of aromatic nitrogens is 2. The van der Waals surface area contributed by atoms with E-state index in [4.69, 9.17) is 4.74 Å². The number of rotatable bonds is 3. The first kappa shape index (κ1) is 17.0. The summed E-state index contributed by atoms with van der Waals surface area (Å²) in [6.07, 6.45) is 6.19. The molecule has 26 heavy (non-hydrogen) atoms. The first-order valence-corrected chi connectivity index (χ1v) is 9.17. The molecule has 2 atom stereocenters. The van der Waals surface area contributed by atoms with Gasteiger partial charge in [-0.2, -0.15) is 0 Å². The number of hydrogen-bond donors (Lipinski definition) is 1. The van der Waals surface area contributed by atoms with Crippen LogP contribution in [0.3, 0.4) is 0 Å². The van der Waals surface area contributed by atoms with Gasteiger partial charge in [-0.3, -0.25) is 9.78 Å². The molecule has 1 amide bonds. The van der Waals surface area contributed by atoms with Gasteiger partial charge < -0.3 is 15.0 Å². The summed E-state index contributed by atoms with van der Waals surface area (Å²) < 4.78 is 6.16. The van der Waals surface area contributed by atoms with Crippen LogP contribution >= 0.6 is 0 Å². The fraction of sp³-hybridized carbons (Fsp3) is 0.450. The summed E-state index contributed by atoms with van der Waals surface area (Å²) >= 11 is 0. The maximum atomic E-state index is 12.8. The molecule has 2 aromatic rings. The third-order valence-corrected chi connectivity index (χ3v) is 5.25. The number of anilines is 1. The van der Waals surface area contributed by atoms with Crippen molar-refractivity contribution in [2.24, 2.45) is 0 Å². The molecule has 1 N–H and O–H groups in total. The van der Waals surface area contributed by atoms with Crippen LogP contribution in [0.5, 0.6) is 0 Å². The number of carbonyl (C=O) groups excluding carboxylic acids is 1. The van der Waals surface area contributed by atoms with Crippen molar-refractivity contribution in [2.45, 2.75) is 37.8 Å². The number of carbonyl (C=O) groups is 1. The molecule has 0 unspecified atom stereocenters. The van der Waals surface area contributed by atoms with Gasteiger partial charge in [0.25, 0.3) is 5.91 Å².